The highest BCUT2D eigenvalue weighted by Gasteiger charge is 2.34. The Balaban J connectivity index is 0.00000162. The molecule has 2 heterocycles. The maximum atomic E-state index is 6.33. The predicted molar refractivity (Wildman–Crippen MR) is 90.5 cm³/mol. The largest absolute Gasteiger partial charge is 0.314 e. The third-order valence-electron chi connectivity index (χ3n) is 3.23. The Labute approximate surface area is 137 Å². The van der Waals surface area contributed by atoms with Gasteiger partial charge in [0.25, 0.3) is 0 Å². The third kappa shape index (κ3) is 4.76. The van der Waals surface area contributed by atoms with Crippen molar-refractivity contribution >= 4 is 47.8 Å². The standard InChI is InChI=1S/C13H21ClN2S.2ClH/c1-13(2,3)12(11-10(14)4-9-17-11)16-7-5-15-6-8-16;;/h4,9,12,15H,5-8H2,1-3H3;2*1H/t12-;;/m0../s1. The molecule has 0 spiro atoms. The summed E-state index contributed by atoms with van der Waals surface area (Å²) in [6.45, 7) is 11.3. The van der Waals surface area contributed by atoms with Gasteiger partial charge in [0.2, 0.25) is 0 Å². The number of rotatable bonds is 2. The molecule has 1 aromatic rings. The van der Waals surface area contributed by atoms with Gasteiger partial charge in [-0.25, -0.2) is 0 Å². The molecule has 1 atom stereocenters. The second kappa shape index (κ2) is 8.06. The van der Waals surface area contributed by atoms with Gasteiger partial charge in [-0.05, 0) is 16.9 Å². The summed E-state index contributed by atoms with van der Waals surface area (Å²) in [5.41, 5.74) is 0.214. The van der Waals surface area contributed by atoms with Crippen LogP contribution in [0.5, 0.6) is 0 Å². The number of piperazine rings is 1. The summed E-state index contributed by atoms with van der Waals surface area (Å²) >= 11 is 8.11. The lowest BCUT2D eigenvalue weighted by Gasteiger charge is -2.42. The molecule has 0 amide bonds. The summed E-state index contributed by atoms with van der Waals surface area (Å²) in [6, 6.07) is 2.44. The first-order valence-electron chi connectivity index (χ1n) is 6.18. The molecule has 0 bridgehead atoms. The van der Waals surface area contributed by atoms with Crippen LogP contribution in [0.2, 0.25) is 5.02 Å². The number of halogens is 3. The molecule has 1 aliphatic rings. The molecule has 0 aliphatic carbocycles. The van der Waals surface area contributed by atoms with Gasteiger partial charge in [-0.2, -0.15) is 0 Å². The van der Waals surface area contributed by atoms with Gasteiger partial charge in [-0.1, -0.05) is 32.4 Å². The molecule has 0 radical (unpaired) electrons. The maximum Gasteiger partial charge on any atom is 0.0561 e. The van der Waals surface area contributed by atoms with Crippen molar-refractivity contribution in [2.45, 2.75) is 26.8 Å². The van der Waals surface area contributed by atoms with E-state index in [9.17, 15) is 0 Å². The number of hydrogen-bond acceptors (Lipinski definition) is 3. The molecule has 1 saturated heterocycles. The first-order chi connectivity index (χ1) is 8.00. The minimum Gasteiger partial charge on any atom is -0.314 e. The Morgan fingerprint density at radius 2 is 1.84 bits per heavy atom. The molecular formula is C13H23Cl3N2S. The average molecular weight is 346 g/mol. The fourth-order valence-corrected chi connectivity index (χ4v) is 4.09. The van der Waals surface area contributed by atoms with E-state index < -0.39 is 0 Å². The lowest BCUT2D eigenvalue weighted by Crippen LogP contribution is -2.48. The van der Waals surface area contributed by atoms with E-state index in [1.165, 1.54) is 4.88 Å². The highest BCUT2D eigenvalue weighted by atomic mass is 35.5. The van der Waals surface area contributed by atoms with E-state index >= 15 is 0 Å². The molecule has 2 rings (SSSR count). The lowest BCUT2D eigenvalue weighted by molar-refractivity contribution is 0.0888. The fraction of sp³-hybridized carbons (Fsp3) is 0.692. The van der Waals surface area contributed by atoms with Crippen molar-refractivity contribution in [2.24, 2.45) is 5.41 Å². The van der Waals surface area contributed by atoms with Gasteiger partial charge in [-0.15, -0.1) is 36.2 Å². The van der Waals surface area contributed by atoms with E-state index in [1.54, 1.807) is 11.3 Å². The minimum absolute atomic E-state index is 0. The normalized spacial score (nSPS) is 18.3. The van der Waals surface area contributed by atoms with Crippen LogP contribution in [0.15, 0.2) is 11.4 Å². The average Bonchev–Trinajstić information content (AvgIpc) is 2.65. The zero-order chi connectivity index (χ0) is 12.5. The molecular weight excluding hydrogens is 323 g/mol. The Kier molecular flexibility index (Phi) is 8.27. The number of nitrogens with one attached hydrogen (secondary N) is 1. The van der Waals surface area contributed by atoms with Crippen LogP contribution in [0.1, 0.15) is 31.7 Å². The van der Waals surface area contributed by atoms with Crippen LogP contribution in [0.25, 0.3) is 0 Å². The van der Waals surface area contributed by atoms with E-state index in [1.807, 2.05) is 6.07 Å². The van der Waals surface area contributed by atoms with E-state index in [-0.39, 0.29) is 30.2 Å². The predicted octanol–water partition coefficient (Wildman–Crippen LogP) is 4.24. The van der Waals surface area contributed by atoms with Crippen molar-refractivity contribution in [1.29, 1.82) is 0 Å². The molecule has 1 N–H and O–H groups in total. The molecule has 1 aliphatic heterocycles. The van der Waals surface area contributed by atoms with Gasteiger partial charge in [0, 0.05) is 31.1 Å². The molecule has 0 aromatic carbocycles. The molecule has 1 aromatic heterocycles. The minimum atomic E-state index is 0. The van der Waals surface area contributed by atoms with E-state index in [0.29, 0.717) is 6.04 Å². The topological polar surface area (TPSA) is 15.3 Å². The van der Waals surface area contributed by atoms with Crippen molar-refractivity contribution in [2.75, 3.05) is 26.2 Å². The SMILES string of the molecule is CC(C)(C)[C@H](c1sccc1Cl)N1CCNCC1.Cl.Cl. The lowest BCUT2D eigenvalue weighted by atomic mass is 9.84. The van der Waals surface area contributed by atoms with E-state index in [4.69, 9.17) is 11.6 Å². The number of nitrogens with zero attached hydrogens (tertiary/aromatic N) is 1. The highest BCUT2D eigenvalue weighted by molar-refractivity contribution is 7.10. The molecule has 0 unspecified atom stereocenters. The van der Waals surface area contributed by atoms with Crippen molar-refractivity contribution < 1.29 is 0 Å². The second-order valence-electron chi connectivity index (χ2n) is 5.69. The van der Waals surface area contributed by atoms with Gasteiger partial charge in [0.15, 0.2) is 0 Å². The molecule has 2 nitrogen and oxygen atoms in total. The zero-order valence-corrected chi connectivity index (χ0v) is 14.8. The van der Waals surface area contributed by atoms with Crippen molar-refractivity contribution in [3.63, 3.8) is 0 Å². The summed E-state index contributed by atoms with van der Waals surface area (Å²) in [7, 11) is 0. The van der Waals surface area contributed by atoms with E-state index in [2.05, 4.69) is 36.4 Å². The first-order valence-corrected chi connectivity index (χ1v) is 7.43. The summed E-state index contributed by atoms with van der Waals surface area (Å²) < 4.78 is 0. The molecule has 19 heavy (non-hydrogen) atoms. The fourth-order valence-electron chi connectivity index (χ4n) is 2.55. The van der Waals surface area contributed by atoms with Crippen molar-refractivity contribution in [1.82, 2.24) is 10.2 Å². The number of hydrogen-bond donors (Lipinski definition) is 1. The van der Waals surface area contributed by atoms with Crippen LogP contribution in [-0.4, -0.2) is 31.1 Å². The van der Waals surface area contributed by atoms with Crippen LogP contribution >= 0.6 is 47.8 Å². The zero-order valence-electron chi connectivity index (χ0n) is 11.6. The van der Waals surface area contributed by atoms with Gasteiger partial charge < -0.3 is 5.32 Å². The van der Waals surface area contributed by atoms with Crippen LogP contribution in [0.4, 0.5) is 0 Å². The Hall–Kier alpha value is 0.490. The van der Waals surface area contributed by atoms with Gasteiger partial charge in [0.05, 0.1) is 11.1 Å². The van der Waals surface area contributed by atoms with E-state index in [0.717, 1.165) is 31.2 Å². The molecule has 112 valence electrons. The summed E-state index contributed by atoms with van der Waals surface area (Å²) in [5.74, 6) is 0. The number of thiophene rings is 1. The molecule has 1 fully saturated rings. The van der Waals surface area contributed by atoms with Gasteiger partial charge in [0.1, 0.15) is 0 Å². The third-order valence-corrected chi connectivity index (χ3v) is 4.64. The second-order valence-corrected chi connectivity index (χ2v) is 7.04. The highest BCUT2D eigenvalue weighted by Crippen LogP contribution is 2.43. The summed E-state index contributed by atoms with van der Waals surface area (Å²) in [5, 5.41) is 6.43. The van der Waals surface area contributed by atoms with Gasteiger partial charge >= 0.3 is 0 Å². The molecule has 6 heteroatoms. The Morgan fingerprint density at radius 1 is 1.26 bits per heavy atom. The van der Waals surface area contributed by atoms with Crippen LogP contribution < -0.4 is 5.32 Å². The summed E-state index contributed by atoms with van der Waals surface area (Å²) in [4.78, 5) is 3.88. The quantitative estimate of drug-likeness (QED) is 0.862. The smallest absolute Gasteiger partial charge is 0.0561 e. The molecule has 0 saturated carbocycles. The van der Waals surface area contributed by atoms with Gasteiger partial charge in [-0.3, -0.25) is 4.90 Å². The monoisotopic (exact) mass is 344 g/mol. The van der Waals surface area contributed by atoms with Crippen LogP contribution in [0.3, 0.4) is 0 Å². The Morgan fingerprint density at radius 3 is 2.26 bits per heavy atom. The van der Waals surface area contributed by atoms with Crippen molar-refractivity contribution in [3.8, 4) is 0 Å². The maximum absolute atomic E-state index is 6.33. The van der Waals surface area contributed by atoms with Crippen molar-refractivity contribution in [3.05, 3.63) is 21.3 Å². The first kappa shape index (κ1) is 19.5. The van der Waals surface area contributed by atoms with Crippen LogP contribution in [0, 0.1) is 5.41 Å². The summed E-state index contributed by atoms with van der Waals surface area (Å²) in [6.07, 6.45) is 0. The van der Waals surface area contributed by atoms with Crippen LogP contribution in [-0.2, 0) is 0 Å². The Bertz CT molecular complexity index is 370.